The van der Waals surface area contributed by atoms with Crippen molar-refractivity contribution in [2.24, 2.45) is 5.41 Å². The van der Waals surface area contributed by atoms with Crippen molar-refractivity contribution >= 4 is 29.1 Å². The number of carbonyl (C=O) groups excluding carboxylic acids is 1. The summed E-state index contributed by atoms with van der Waals surface area (Å²) in [5.74, 6) is 0.253. The largest absolute Gasteiger partial charge is 0.297 e. The van der Waals surface area contributed by atoms with Crippen LogP contribution in [0.2, 0.25) is 5.02 Å². The molecule has 3 nitrogen and oxygen atoms in total. The monoisotopic (exact) mass is 474 g/mol. The van der Waals surface area contributed by atoms with E-state index < -0.39 is 0 Å². The Kier molecular flexibility index (Phi) is 6.07. The van der Waals surface area contributed by atoms with Crippen LogP contribution in [0.25, 0.3) is 22.5 Å². The molecule has 1 atom stereocenters. The second-order valence-corrected chi connectivity index (χ2v) is 11.0. The van der Waals surface area contributed by atoms with Gasteiger partial charge in [0.05, 0.1) is 11.4 Å². The van der Waals surface area contributed by atoms with Gasteiger partial charge in [0.15, 0.2) is 5.78 Å². The van der Waals surface area contributed by atoms with Crippen molar-refractivity contribution in [1.29, 1.82) is 0 Å². The zero-order valence-corrected chi connectivity index (χ0v) is 20.5. The van der Waals surface area contributed by atoms with Crippen molar-refractivity contribution in [2.45, 2.75) is 46.1 Å². The minimum absolute atomic E-state index is 0.253. The standard InChI is InChI=1S/C28H27ClN2OS/c1-19-11-12-22-17-28(2,14-13-26(22)33-19)27(32)18-31-25(20-7-4-3-5-8-20)16-24(30-31)21-9-6-10-23(29)15-21/h3-11,15-16H,12-14,17-18H2,1-2H3. The van der Waals surface area contributed by atoms with Crippen LogP contribution in [0.3, 0.4) is 0 Å². The number of aromatic nitrogens is 2. The highest BCUT2D eigenvalue weighted by atomic mass is 35.5. The number of hydrogen-bond donors (Lipinski definition) is 0. The summed E-state index contributed by atoms with van der Waals surface area (Å²) >= 11 is 8.12. The van der Waals surface area contributed by atoms with Crippen molar-refractivity contribution in [1.82, 2.24) is 9.78 Å². The first kappa shape index (κ1) is 22.2. The van der Waals surface area contributed by atoms with E-state index >= 15 is 0 Å². The van der Waals surface area contributed by atoms with Gasteiger partial charge < -0.3 is 0 Å². The molecule has 1 unspecified atom stereocenters. The average molecular weight is 475 g/mol. The highest BCUT2D eigenvalue weighted by Gasteiger charge is 2.38. The molecule has 5 heteroatoms. The molecule has 1 aromatic heterocycles. The molecule has 0 bridgehead atoms. The van der Waals surface area contributed by atoms with Gasteiger partial charge in [-0.05, 0) is 66.2 Å². The number of ketones is 1. The number of allylic oxidation sites excluding steroid dienone is 4. The summed E-state index contributed by atoms with van der Waals surface area (Å²) in [5.41, 5.74) is 4.86. The van der Waals surface area contributed by atoms with Crippen molar-refractivity contribution in [3.8, 4) is 22.5 Å². The Morgan fingerprint density at radius 2 is 1.91 bits per heavy atom. The number of benzene rings is 2. The van der Waals surface area contributed by atoms with E-state index in [0.29, 0.717) is 5.02 Å². The number of thioether (sulfide) groups is 1. The van der Waals surface area contributed by atoms with Gasteiger partial charge in [0.25, 0.3) is 0 Å². The van der Waals surface area contributed by atoms with Gasteiger partial charge in [-0.2, -0.15) is 5.10 Å². The molecule has 5 rings (SSSR count). The lowest BCUT2D eigenvalue weighted by Gasteiger charge is -2.36. The van der Waals surface area contributed by atoms with Crippen LogP contribution in [-0.4, -0.2) is 15.6 Å². The Morgan fingerprint density at radius 3 is 2.70 bits per heavy atom. The second kappa shape index (κ2) is 9.00. The van der Waals surface area contributed by atoms with E-state index in [1.807, 2.05) is 58.9 Å². The maximum atomic E-state index is 13.7. The van der Waals surface area contributed by atoms with Crippen molar-refractivity contribution < 1.29 is 4.79 Å². The molecule has 168 valence electrons. The van der Waals surface area contributed by atoms with Gasteiger partial charge in [0, 0.05) is 16.0 Å². The third-order valence-electron chi connectivity index (χ3n) is 6.76. The summed E-state index contributed by atoms with van der Waals surface area (Å²) in [6.07, 6.45) is 6.01. The van der Waals surface area contributed by atoms with E-state index in [4.69, 9.17) is 16.7 Å². The fourth-order valence-electron chi connectivity index (χ4n) is 4.77. The highest BCUT2D eigenvalue weighted by Crippen LogP contribution is 2.48. The Morgan fingerprint density at radius 1 is 1.12 bits per heavy atom. The molecule has 0 radical (unpaired) electrons. The molecule has 0 fully saturated rings. The lowest BCUT2D eigenvalue weighted by molar-refractivity contribution is -0.129. The molecule has 1 aliphatic carbocycles. The Hall–Kier alpha value is -2.56. The predicted molar refractivity (Wildman–Crippen MR) is 138 cm³/mol. The third-order valence-corrected chi connectivity index (χ3v) is 8.22. The summed E-state index contributed by atoms with van der Waals surface area (Å²) in [4.78, 5) is 16.5. The first-order valence-electron chi connectivity index (χ1n) is 11.4. The van der Waals surface area contributed by atoms with Crippen molar-refractivity contribution in [3.63, 3.8) is 0 Å². The predicted octanol–water partition coefficient (Wildman–Crippen LogP) is 7.92. The van der Waals surface area contributed by atoms with E-state index in [9.17, 15) is 4.79 Å². The molecule has 2 aliphatic rings. The van der Waals surface area contributed by atoms with Gasteiger partial charge in [-0.25, -0.2) is 0 Å². The van der Waals surface area contributed by atoms with Crippen LogP contribution >= 0.6 is 23.4 Å². The molecule has 3 aromatic rings. The molecule has 0 saturated carbocycles. The maximum absolute atomic E-state index is 13.7. The molecular formula is C28H27ClN2OS. The molecule has 2 heterocycles. The lowest BCUT2D eigenvalue weighted by atomic mass is 9.71. The number of carbonyl (C=O) groups is 1. The quantitative estimate of drug-likeness (QED) is 0.376. The fourth-order valence-corrected chi connectivity index (χ4v) is 6.02. The Balaban J connectivity index is 1.45. The van der Waals surface area contributed by atoms with Crippen LogP contribution in [-0.2, 0) is 11.3 Å². The number of halogens is 1. The van der Waals surface area contributed by atoms with Gasteiger partial charge in [-0.3, -0.25) is 9.48 Å². The van der Waals surface area contributed by atoms with E-state index in [-0.39, 0.29) is 17.7 Å². The van der Waals surface area contributed by atoms with Gasteiger partial charge in [0.1, 0.15) is 6.54 Å². The summed E-state index contributed by atoms with van der Waals surface area (Å²) in [6, 6.07) is 19.9. The van der Waals surface area contributed by atoms with Gasteiger partial charge in [0.2, 0.25) is 0 Å². The second-order valence-electron chi connectivity index (χ2n) is 9.26. The topological polar surface area (TPSA) is 34.9 Å². The summed E-state index contributed by atoms with van der Waals surface area (Å²) < 4.78 is 1.88. The van der Waals surface area contributed by atoms with E-state index in [1.165, 1.54) is 15.4 Å². The minimum Gasteiger partial charge on any atom is -0.297 e. The van der Waals surface area contributed by atoms with Crippen molar-refractivity contribution in [3.05, 3.63) is 87.1 Å². The van der Waals surface area contributed by atoms with Crippen LogP contribution in [0, 0.1) is 5.41 Å². The number of hydrogen-bond acceptors (Lipinski definition) is 3. The van der Waals surface area contributed by atoms with E-state index in [0.717, 1.165) is 48.2 Å². The normalized spacial score (nSPS) is 20.4. The van der Waals surface area contributed by atoms with Gasteiger partial charge in [-0.15, -0.1) is 0 Å². The van der Waals surface area contributed by atoms with Crippen LogP contribution in [0.1, 0.15) is 39.5 Å². The zero-order chi connectivity index (χ0) is 23.0. The third kappa shape index (κ3) is 4.60. The summed E-state index contributed by atoms with van der Waals surface area (Å²) in [7, 11) is 0. The Labute approximate surface area is 204 Å². The Bertz CT molecular complexity index is 1270. The van der Waals surface area contributed by atoms with Crippen LogP contribution in [0.15, 0.2) is 82.1 Å². The number of Topliss-reactive ketones (excluding diaryl/α,β-unsaturated/α-hetero) is 1. The van der Waals surface area contributed by atoms with E-state index in [2.05, 4.69) is 38.1 Å². The molecule has 0 amide bonds. The van der Waals surface area contributed by atoms with Gasteiger partial charge in [-0.1, -0.05) is 84.4 Å². The first-order valence-corrected chi connectivity index (χ1v) is 12.6. The number of nitrogens with zero attached hydrogens (tertiary/aromatic N) is 2. The smallest absolute Gasteiger partial charge is 0.160 e. The van der Waals surface area contributed by atoms with Crippen LogP contribution in [0.4, 0.5) is 0 Å². The summed E-state index contributed by atoms with van der Waals surface area (Å²) in [5, 5.41) is 5.54. The van der Waals surface area contributed by atoms with Crippen LogP contribution < -0.4 is 0 Å². The first-order chi connectivity index (χ1) is 15.9. The summed E-state index contributed by atoms with van der Waals surface area (Å²) in [6.45, 7) is 4.58. The minimum atomic E-state index is -0.353. The fraction of sp³-hybridized carbons (Fsp3) is 0.286. The number of rotatable bonds is 5. The van der Waals surface area contributed by atoms with Crippen LogP contribution in [0.5, 0.6) is 0 Å². The molecule has 0 saturated heterocycles. The highest BCUT2D eigenvalue weighted by molar-refractivity contribution is 8.06. The van der Waals surface area contributed by atoms with E-state index in [1.54, 1.807) is 0 Å². The molecule has 1 aliphatic heterocycles. The zero-order valence-electron chi connectivity index (χ0n) is 19.0. The molecular weight excluding hydrogens is 448 g/mol. The average Bonchev–Trinajstić information content (AvgIpc) is 3.24. The molecule has 0 N–H and O–H groups in total. The molecule has 2 aromatic carbocycles. The van der Waals surface area contributed by atoms with Gasteiger partial charge >= 0.3 is 0 Å². The lowest BCUT2D eigenvalue weighted by Crippen LogP contribution is -2.34. The molecule has 0 spiro atoms. The molecule has 33 heavy (non-hydrogen) atoms. The maximum Gasteiger partial charge on any atom is 0.160 e. The SMILES string of the molecule is CC1=CCC2=C(CCC(C)(C(=O)Cn3nc(-c4cccc(Cl)c4)cc3-c3ccccc3)C2)S1. The van der Waals surface area contributed by atoms with Crippen molar-refractivity contribution in [2.75, 3.05) is 0 Å².